The highest BCUT2D eigenvalue weighted by molar-refractivity contribution is 5.27. The lowest BCUT2D eigenvalue weighted by molar-refractivity contribution is 0.593. The predicted octanol–water partition coefficient (Wildman–Crippen LogP) is 3.38. The first-order chi connectivity index (χ1) is 8.16. The van der Waals surface area contributed by atoms with Gasteiger partial charge in [0.2, 0.25) is 0 Å². The molecular formula is C15H16FN. The molecule has 0 fully saturated rings. The van der Waals surface area contributed by atoms with E-state index in [1.165, 1.54) is 11.6 Å². The quantitative estimate of drug-likeness (QED) is 0.858. The zero-order chi connectivity index (χ0) is 12.3. The molecule has 0 heterocycles. The third-order valence-corrected chi connectivity index (χ3v) is 2.87. The number of nitrogens with two attached hydrogens (primary N) is 1. The van der Waals surface area contributed by atoms with Crippen LogP contribution in [-0.4, -0.2) is 0 Å². The summed E-state index contributed by atoms with van der Waals surface area (Å²) in [7, 11) is 0. The molecule has 0 saturated heterocycles. The fourth-order valence-corrected chi connectivity index (χ4v) is 1.92. The van der Waals surface area contributed by atoms with Crippen LogP contribution in [0.5, 0.6) is 0 Å². The molecule has 0 aliphatic rings. The molecule has 0 aliphatic heterocycles. The van der Waals surface area contributed by atoms with E-state index in [0.717, 1.165) is 5.56 Å². The van der Waals surface area contributed by atoms with E-state index in [2.05, 4.69) is 0 Å². The van der Waals surface area contributed by atoms with Crippen molar-refractivity contribution in [1.82, 2.24) is 0 Å². The molecule has 0 bridgehead atoms. The Bertz CT molecular complexity index is 508. The van der Waals surface area contributed by atoms with Gasteiger partial charge in [0, 0.05) is 6.04 Å². The molecule has 0 aromatic heterocycles. The van der Waals surface area contributed by atoms with Crippen LogP contribution in [0, 0.1) is 12.7 Å². The maximum absolute atomic E-state index is 13.5. The lowest BCUT2D eigenvalue weighted by Crippen LogP contribution is -2.14. The van der Waals surface area contributed by atoms with Crippen LogP contribution < -0.4 is 5.73 Å². The minimum atomic E-state index is -0.185. The van der Waals surface area contributed by atoms with Crippen molar-refractivity contribution in [2.24, 2.45) is 5.73 Å². The average molecular weight is 229 g/mol. The smallest absolute Gasteiger partial charge is 0.126 e. The monoisotopic (exact) mass is 229 g/mol. The normalized spacial score (nSPS) is 12.4. The van der Waals surface area contributed by atoms with Crippen molar-refractivity contribution in [3.05, 3.63) is 71.0 Å². The van der Waals surface area contributed by atoms with Crippen molar-refractivity contribution in [2.45, 2.75) is 19.4 Å². The van der Waals surface area contributed by atoms with Crippen molar-refractivity contribution >= 4 is 0 Å². The summed E-state index contributed by atoms with van der Waals surface area (Å²) < 4.78 is 13.5. The first-order valence-corrected chi connectivity index (χ1v) is 5.72. The number of hydrogen-bond donors (Lipinski definition) is 1. The zero-order valence-corrected chi connectivity index (χ0v) is 9.86. The Hall–Kier alpha value is -1.67. The molecule has 0 spiro atoms. The summed E-state index contributed by atoms with van der Waals surface area (Å²) in [5.74, 6) is -0.185. The van der Waals surface area contributed by atoms with E-state index >= 15 is 0 Å². The van der Waals surface area contributed by atoms with Gasteiger partial charge in [-0.3, -0.25) is 0 Å². The maximum Gasteiger partial charge on any atom is 0.126 e. The molecule has 2 heteroatoms. The Morgan fingerprint density at radius 2 is 1.88 bits per heavy atom. The molecule has 0 amide bonds. The van der Waals surface area contributed by atoms with E-state index in [-0.39, 0.29) is 11.9 Å². The SMILES string of the molecule is Cc1cccc(C(N)Cc2ccccc2F)c1. The second kappa shape index (κ2) is 5.11. The van der Waals surface area contributed by atoms with Crippen LogP contribution in [0.1, 0.15) is 22.7 Å². The Balaban J connectivity index is 2.17. The van der Waals surface area contributed by atoms with Crippen LogP contribution in [0.3, 0.4) is 0 Å². The minimum Gasteiger partial charge on any atom is -0.324 e. The summed E-state index contributed by atoms with van der Waals surface area (Å²) >= 11 is 0. The van der Waals surface area contributed by atoms with Gasteiger partial charge in [0.1, 0.15) is 5.82 Å². The highest BCUT2D eigenvalue weighted by atomic mass is 19.1. The molecule has 17 heavy (non-hydrogen) atoms. The van der Waals surface area contributed by atoms with Gasteiger partial charge in [-0.05, 0) is 30.5 Å². The van der Waals surface area contributed by atoms with Crippen molar-refractivity contribution in [1.29, 1.82) is 0 Å². The summed E-state index contributed by atoms with van der Waals surface area (Å²) in [5, 5.41) is 0. The first-order valence-electron chi connectivity index (χ1n) is 5.72. The number of hydrogen-bond acceptors (Lipinski definition) is 1. The van der Waals surface area contributed by atoms with Crippen molar-refractivity contribution in [3.8, 4) is 0 Å². The van der Waals surface area contributed by atoms with Gasteiger partial charge in [0.15, 0.2) is 0 Å². The van der Waals surface area contributed by atoms with Crippen molar-refractivity contribution < 1.29 is 4.39 Å². The van der Waals surface area contributed by atoms with Gasteiger partial charge in [-0.25, -0.2) is 4.39 Å². The second-order valence-electron chi connectivity index (χ2n) is 4.32. The van der Waals surface area contributed by atoms with Crippen LogP contribution in [0.15, 0.2) is 48.5 Å². The molecular weight excluding hydrogens is 213 g/mol. The van der Waals surface area contributed by atoms with Gasteiger partial charge >= 0.3 is 0 Å². The Kier molecular flexibility index (Phi) is 3.55. The van der Waals surface area contributed by atoms with Crippen molar-refractivity contribution in [3.63, 3.8) is 0 Å². The molecule has 2 aromatic carbocycles. The average Bonchev–Trinajstić information content (AvgIpc) is 2.32. The number of aryl methyl sites for hydroxylation is 1. The highest BCUT2D eigenvalue weighted by Gasteiger charge is 2.09. The highest BCUT2D eigenvalue weighted by Crippen LogP contribution is 2.18. The molecule has 88 valence electrons. The molecule has 2 aromatic rings. The molecule has 1 atom stereocenters. The van der Waals surface area contributed by atoms with E-state index in [4.69, 9.17) is 5.73 Å². The summed E-state index contributed by atoms with van der Waals surface area (Å²) in [6.07, 6.45) is 0.524. The van der Waals surface area contributed by atoms with E-state index < -0.39 is 0 Å². The molecule has 2 rings (SSSR count). The molecule has 1 unspecified atom stereocenters. The van der Waals surface area contributed by atoms with E-state index in [9.17, 15) is 4.39 Å². The molecule has 0 aliphatic carbocycles. The van der Waals surface area contributed by atoms with Crippen LogP contribution in [0.4, 0.5) is 4.39 Å². The van der Waals surface area contributed by atoms with Gasteiger partial charge in [0.25, 0.3) is 0 Å². The van der Waals surface area contributed by atoms with Gasteiger partial charge in [-0.15, -0.1) is 0 Å². The summed E-state index contributed by atoms with van der Waals surface area (Å²) in [6.45, 7) is 2.03. The molecule has 0 radical (unpaired) electrons. The van der Waals surface area contributed by atoms with E-state index in [0.29, 0.717) is 12.0 Å². The number of halogens is 1. The Morgan fingerprint density at radius 1 is 1.12 bits per heavy atom. The Labute approximate surface area is 101 Å². The number of benzene rings is 2. The fraction of sp³-hybridized carbons (Fsp3) is 0.200. The minimum absolute atomic E-state index is 0.160. The zero-order valence-electron chi connectivity index (χ0n) is 9.86. The largest absolute Gasteiger partial charge is 0.324 e. The van der Waals surface area contributed by atoms with Crippen LogP contribution in [0.2, 0.25) is 0 Å². The van der Waals surface area contributed by atoms with Crippen LogP contribution in [-0.2, 0) is 6.42 Å². The molecule has 0 saturated carbocycles. The molecule has 1 nitrogen and oxygen atoms in total. The first kappa shape index (κ1) is 11.8. The topological polar surface area (TPSA) is 26.0 Å². The van der Waals surface area contributed by atoms with Gasteiger partial charge < -0.3 is 5.73 Å². The van der Waals surface area contributed by atoms with Crippen molar-refractivity contribution in [2.75, 3.05) is 0 Å². The second-order valence-corrected chi connectivity index (χ2v) is 4.32. The lowest BCUT2D eigenvalue weighted by atomic mass is 9.98. The third-order valence-electron chi connectivity index (χ3n) is 2.87. The van der Waals surface area contributed by atoms with Crippen LogP contribution in [0.25, 0.3) is 0 Å². The maximum atomic E-state index is 13.5. The summed E-state index contributed by atoms with van der Waals surface area (Å²) in [5.41, 5.74) is 8.99. The third kappa shape index (κ3) is 2.92. The van der Waals surface area contributed by atoms with Gasteiger partial charge in [-0.2, -0.15) is 0 Å². The van der Waals surface area contributed by atoms with E-state index in [1.54, 1.807) is 12.1 Å². The molecule has 2 N–H and O–H groups in total. The van der Waals surface area contributed by atoms with Gasteiger partial charge in [-0.1, -0.05) is 48.0 Å². The summed E-state index contributed by atoms with van der Waals surface area (Å²) in [6, 6.07) is 14.7. The Morgan fingerprint density at radius 3 is 2.59 bits per heavy atom. The van der Waals surface area contributed by atoms with E-state index in [1.807, 2.05) is 37.3 Å². The van der Waals surface area contributed by atoms with Gasteiger partial charge in [0.05, 0.1) is 0 Å². The lowest BCUT2D eigenvalue weighted by Gasteiger charge is -2.13. The number of rotatable bonds is 3. The fourth-order valence-electron chi connectivity index (χ4n) is 1.92. The predicted molar refractivity (Wildman–Crippen MR) is 68.2 cm³/mol. The van der Waals surface area contributed by atoms with Crippen LogP contribution >= 0.6 is 0 Å². The summed E-state index contributed by atoms with van der Waals surface area (Å²) in [4.78, 5) is 0. The standard InChI is InChI=1S/C15H16FN/c1-11-5-4-7-13(9-11)15(17)10-12-6-2-3-8-14(12)16/h2-9,15H,10,17H2,1H3.